The van der Waals surface area contributed by atoms with Crippen LogP contribution in [0.25, 0.3) is 0 Å². The number of nitrogens with zero attached hydrogens (tertiary/aromatic N) is 1. The summed E-state index contributed by atoms with van der Waals surface area (Å²) in [4.78, 5) is 17.2. The molecule has 0 spiro atoms. The van der Waals surface area contributed by atoms with E-state index in [1.165, 1.54) is 37.0 Å². The summed E-state index contributed by atoms with van der Waals surface area (Å²) in [5.41, 5.74) is 2.70. The second-order valence-electron chi connectivity index (χ2n) is 5.33. The number of rotatable bonds is 3. The van der Waals surface area contributed by atoms with Gasteiger partial charge in [-0.15, -0.1) is 11.3 Å². The van der Waals surface area contributed by atoms with E-state index in [2.05, 4.69) is 4.98 Å². The van der Waals surface area contributed by atoms with Gasteiger partial charge >= 0.3 is 0 Å². The number of carbonyl (C=O) groups is 1. The van der Waals surface area contributed by atoms with E-state index in [9.17, 15) is 4.79 Å². The molecular formula is C13H17NOS. The molecule has 3 heteroatoms. The van der Waals surface area contributed by atoms with Gasteiger partial charge in [-0.2, -0.15) is 0 Å². The number of aromatic nitrogens is 1. The molecule has 1 aromatic rings. The standard InChI is InChI=1S/C13H17NOS/c1-8-13(16-7-14-8)12(15)6-11-5-9-2-3-10(11)4-9/h7,9-11H,2-6H2,1H3. The van der Waals surface area contributed by atoms with Gasteiger partial charge in [-0.1, -0.05) is 6.42 Å². The van der Waals surface area contributed by atoms with Crippen LogP contribution in [0.1, 0.15) is 47.5 Å². The van der Waals surface area contributed by atoms with Gasteiger partial charge in [-0.05, 0) is 43.9 Å². The normalized spacial score (nSPS) is 32.2. The van der Waals surface area contributed by atoms with Gasteiger partial charge in [0.15, 0.2) is 5.78 Å². The first-order valence-electron chi connectivity index (χ1n) is 6.17. The SMILES string of the molecule is Cc1ncsc1C(=O)CC1CC2CCC1C2. The van der Waals surface area contributed by atoms with Crippen molar-refractivity contribution in [3.63, 3.8) is 0 Å². The highest BCUT2D eigenvalue weighted by Gasteiger charge is 2.40. The van der Waals surface area contributed by atoms with E-state index >= 15 is 0 Å². The number of ketones is 1. The Morgan fingerprint density at radius 3 is 2.94 bits per heavy atom. The van der Waals surface area contributed by atoms with Crippen LogP contribution < -0.4 is 0 Å². The summed E-state index contributed by atoms with van der Waals surface area (Å²) < 4.78 is 0. The molecule has 3 atom stereocenters. The molecule has 3 unspecified atom stereocenters. The van der Waals surface area contributed by atoms with Crippen LogP contribution in [0.2, 0.25) is 0 Å². The van der Waals surface area contributed by atoms with Crippen LogP contribution in [-0.4, -0.2) is 10.8 Å². The Hall–Kier alpha value is -0.700. The summed E-state index contributed by atoms with van der Waals surface area (Å²) in [6.45, 7) is 1.94. The first-order chi connectivity index (χ1) is 7.74. The first-order valence-corrected chi connectivity index (χ1v) is 7.05. The highest BCUT2D eigenvalue weighted by Crippen LogP contribution is 2.49. The summed E-state index contributed by atoms with van der Waals surface area (Å²) in [6.07, 6.45) is 6.23. The molecule has 0 radical (unpaired) electrons. The van der Waals surface area contributed by atoms with Gasteiger partial charge in [0.1, 0.15) is 0 Å². The third kappa shape index (κ3) is 1.71. The zero-order chi connectivity index (χ0) is 11.1. The van der Waals surface area contributed by atoms with Gasteiger partial charge in [0, 0.05) is 6.42 Å². The van der Waals surface area contributed by atoms with Crippen molar-refractivity contribution in [3.8, 4) is 0 Å². The molecule has 0 amide bonds. The molecule has 1 heterocycles. The Morgan fingerprint density at radius 2 is 2.38 bits per heavy atom. The maximum Gasteiger partial charge on any atom is 0.174 e. The van der Waals surface area contributed by atoms with E-state index in [1.54, 1.807) is 5.51 Å². The molecule has 0 aliphatic heterocycles. The van der Waals surface area contributed by atoms with Crippen molar-refractivity contribution < 1.29 is 4.79 Å². The maximum atomic E-state index is 12.1. The van der Waals surface area contributed by atoms with Crippen molar-refractivity contribution >= 4 is 17.1 Å². The molecule has 1 aromatic heterocycles. The van der Waals surface area contributed by atoms with Gasteiger partial charge in [-0.3, -0.25) is 4.79 Å². The molecular weight excluding hydrogens is 218 g/mol. The lowest BCUT2D eigenvalue weighted by Crippen LogP contribution is -2.15. The van der Waals surface area contributed by atoms with Gasteiger partial charge in [-0.25, -0.2) is 4.98 Å². The maximum absolute atomic E-state index is 12.1. The third-order valence-corrected chi connectivity index (χ3v) is 5.30. The van der Waals surface area contributed by atoms with Crippen LogP contribution in [0.5, 0.6) is 0 Å². The number of Topliss-reactive ketones (excluding diaryl/α,β-unsaturated/α-hetero) is 1. The van der Waals surface area contributed by atoms with Crippen LogP contribution in [0.3, 0.4) is 0 Å². The molecule has 3 rings (SSSR count). The fraction of sp³-hybridized carbons (Fsp3) is 0.692. The molecule has 2 fully saturated rings. The molecule has 86 valence electrons. The minimum atomic E-state index is 0.331. The summed E-state index contributed by atoms with van der Waals surface area (Å²) in [6, 6.07) is 0. The summed E-state index contributed by atoms with van der Waals surface area (Å²) in [7, 11) is 0. The number of carbonyl (C=O) groups excluding carboxylic acids is 1. The van der Waals surface area contributed by atoms with Crippen molar-refractivity contribution in [2.75, 3.05) is 0 Å². The van der Waals surface area contributed by atoms with E-state index in [4.69, 9.17) is 0 Å². The molecule has 0 saturated heterocycles. The Labute approximate surface area is 100 Å². The van der Waals surface area contributed by atoms with Crippen LogP contribution >= 0.6 is 11.3 Å². The lowest BCUT2D eigenvalue weighted by atomic mass is 9.85. The molecule has 2 aliphatic carbocycles. The Balaban J connectivity index is 1.67. The lowest BCUT2D eigenvalue weighted by Gasteiger charge is -2.20. The number of fused-ring (bicyclic) bond motifs is 2. The zero-order valence-corrected chi connectivity index (χ0v) is 10.4. The second-order valence-corrected chi connectivity index (χ2v) is 6.18. The van der Waals surface area contributed by atoms with Crippen LogP contribution in [0.15, 0.2) is 5.51 Å². The monoisotopic (exact) mass is 235 g/mol. The zero-order valence-electron chi connectivity index (χ0n) is 9.61. The Bertz CT molecular complexity index is 412. The molecule has 2 nitrogen and oxygen atoms in total. The molecule has 0 N–H and O–H groups in total. The van der Waals surface area contributed by atoms with Crippen molar-refractivity contribution in [2.24, 2.45) is 17.8 Å². The molecule has 2 bridgehead atoms. The highest BCUT2D eigenvalue weighted by atomic mass is 32.1. The van der Waals surface area contributed by atoms with E-state index in [1.807, 2.05) is 6.92 Å². The van der Waals surface area contributed by atoms with E-state index in [-0.39, 0.29) is 0 Å². The number of hydrogen-bond donors (Lipinski definition) is 0. The minimum Gasteiger partial charge on any atom is -0.293 e. The first kappa shape index (κ1) is 10.5. The van der Waals surface area contributed by atoms with Crippen molar-refractivity contribution in [1.29, 1.82) is 0 Å². The Morgan fingerprint density at radius 1 is 1.50 bits per heavy atom. The van der Waals surface area contributed by atoms with Crippen LogP contribution in [0.4, 0.5) is 0 Å². The highest BCUT2D eigenvalue weighted by molar-refractivity contribution is 7.11. The van der Waals surface area contributed by atoms with Gasteiger partial charge in [0.05, 0.1) is 16.1 Å². The number of aryl methyl sites for hydroxylation is 1. The van der Waals surface area contributed by atoms with Crippen molar-refractivity contribution in [3.05, 3.63) is 16.1 Å². The second kappa shape index (κ2) is 3.95. The lowest BCUT2D eigenvalue weighted by molar-refractivity contribution is 0.0947. The molecule has 2 saturated carbocycles. The topological polar surface area (TPSA) is 30.0 Å². The molecule has 2 aliphatic rings. The fourth-order valence-electron chi connectivity index (χ4n) is 3.53. The summed E-state index contributed by atoms with van der Waals surface area (Å²) >= 11 is 1.50. The van der Waals surface area contributed by atoms with Crippen molar-refractivity contribution in [1.82, 2.24) is 4.98 Å². The van der Waals surface area contributed by atoms with Crippen LogP contribution in [0, 0.1) is 24.7 Å². The van der Waals surface area contributed by atoms with E-state index in [0.29, 0.717) is 11.7 Å². The van der Waals surface area contributed by atoms with Gasteiger partial charge < -0.3 is 0 Å². The minimum absolute atomic E-state index is 0.331. The summed E-state index contributed by atoms with van der Waals surface area (Å²) in [5, 5.41) is 0. The van der Waals surface area contributed by atoms with E-state index < -0.39 is 0 Å². The van der Waals surface area contributed by atoms with Gasteiger partial charge in [0.25, 0.3) is 0 Å². The predicted octanol–water partition coefficient (Wildman–Crippen LogP) is 3.46. The number of hydrogen-bond acceptors (Lipinski definition) is 3. The fourth-order valence-corrected chi connectivity index (χ4v) is 4.28. The smallest absolute Gasteiger partial charge is 0.174 e. The van der Waals surface area contributed by atoms with Gasteiger partial charge in [0.2, 0.25) is 0 Å². The van der Waals surface area contributed by atoms with E-state index in [0.717, 1.165) is 28.8 Å². The molecule has 16 heavy (non-hydrogen) atoms. The average Bonchev–Trinajstić information content (AvgIpc) is 2.92. The quantitative estimate of drug-likeness (QED) is 0.751. The average molecular weight is 235 g/mol. The predicted molar refractivity (Wildman–Crippen MR) is 64.7 cm³/mol. The number of thiazole rings is 1. The third-order valence-electron chi connectivity index (χ3n) is 4.33. The van der Waals surface area contributed by atoms with Crippen molar-refractivity contribution in [2.45, 2.75) is 39.0 Å². The largest absolute Gasteiger partial charge is 0.293 e. The molecule has 0 aromatic carbocycles. The van der Waals surface area contributed by atoms with Crippen LogP contribution in [-0.2, 0) is 0 Å². The summed E-state index contributed by atoms with van der Waals surface area (Å²) in [5.74, 6) is 2.79. The Kier molecular flexibility index (Phi) is 2.58.